The number of anilines is 1. The first-order valence-electron chi connectivity index (χ1n) is 6.37. The Hall–Kier alpha value is -1.11. The molecule has 0 amide bonds. The van der Waals surface area contributed by atoms with Crippen molar-refractivity contribution in [2.75, 3.05) is 18.8 Å². The van der Waals surface area contributed by atoms with Crippen LogP contribution in [0.1, 0.15) is 25.8 Å². The average molecular weight is 284 g/mol. The summed E-state index contributed by atoms with van der Waals surface area (Å²) in [6, 6.07) is 4.83. The highest BCUT2D eigenvalue weighted by molar-refractivity contribution is 7.89. The Balaban J connectivity index is 2.33. The minimum Gasteiger partial charge on any atom is -0.398 e. The highest BCUT2D eigenvalue weighted by Gasteiger charge is 2.38. The Morgan fingerprint density at radius 1 is 1.47 bits per heavy atom. The maximum atomic E-state index is 12.4. The van der Waals surface area contributed by atoms with Gasteiger partial charge in [0.05, 0.1) is 10.5 Å². The molecule has 5 nitrogen and oxygen atoms in total. The van der Waals surface area contributed by atoms with E-state index in [-0.39, 0.29) is 11.4 Å². The lowest BCUT2D eigenvalue weighted by Gasteiger charge is -2.19. The molecule has 3 N–H and O–H groups in total. The van der Waals surface area contributed by atoms with E-state index in [1.807, 2.05) is 6.92 Å². The molecule has 106 valence electrons. The molecule has 1 fully saturated rings. The molecule has 1 heterocycles. The quantitative estimate of drug-likeness (QED) is 0.810. The maximum Gasteiger partial charge on any atom is 0.243 e. The fourth-order valence-electron chi connectivity index (χ4n) is 2.31. The topological polar surface area (TPSA) is 83.6 Å². The van der Waals surface area contributed by atoms with Gasteiger partial charge in [-0.25, -0.2) is 8.42 Å². The molecule has 1 aliphatic rings. The van der Waals surface area contributed by atoms with E-state index in [1.165, 1.54) is 10.4 Å². The van der Waals surface area contributed by atoms with E-state index >= 15 is 0 Å². The van der Waals surface area contributed by atoms with E-state index in [9.17, 15) is 13.5 Å². The Morgan fingerprint density at radius 2 is 2.16 bits per heavy atom. The lowest BCUT2D eigenvalue weighted by atomic mass is 10.1. The molecule has 0 aliphatic carbocycles. The number of rotatable bonds is 3. The molecular formula is C13H20N2O3S. The average Bonchev–Trinajstić information content (AvgIpc) is 2.70. The summed E-state index contributed by atoms with van der Waals surface area (Å²) in [6.45, 7) is 4.09. The van der Waals surface area contributed by atoms with Crippen LogP contribution in [-0.2, 0) is 16.4 Å². The molecule has 1 unspecified atom stereocenters. The third-order valence-corrected chi connectivity index (χ3v) is 5.39. The Labute approximate surface area is 114 Å². The van der Waals surface area contributed by atoms with Gasteiger partial charge in [0.1, 0.15) is 0 Å². The molecule has 1 aromatic rings. The second kappa shape index (κ2) is 4.77. The number of nitrogens with zero attached hydrogens (tertiary/aromatic N) is 1. The van der Waals surface area contributed by atoms with Gasteiger partial charge in [-0.1, -0.05) is 13.0 Å². The van der Waals surface area contributed by atoms with E-state index in [4.69, 9.17) is 5.73 Å². The van der Waals surface area contributed by atoms with E-state index < -0.39 is 15.6 Å². The number of benzene rings is 1. The van der Waals surface area contributed by atoms with Crippen LogP contribution in [0.15, 0.2) is 23.1 Å². The van der Waals surface area contributed by atoms with Crippen molar-refractivity contribution in [2.45, 2.75) is 37.2 Å². The molecule has 19 heavy (non-hydrogen) atoms. The van der Waals surface area contributed by atoms with E-state index in [0.29, 0.717) is 18.7 Å². The van der Waals surface area contributed by atoms with Crippen molar-refractivity contribution >= 4 is 15.7 Å². The van der Waals surface area contributed by atoms with Crippen LogP contribution >= 0.6 is 0 Å². The molecule has 1 aromatic carbocycles. The van der Waals surface area contributed by atoms with Gasteiger partial charge in [0.15, 0.2) is 0 Å². The zero-order valence-corrected chi connectivity index (χ0v) is 12.1. The van der Waals surface area contributed by atoms with Gasteiger partial charge in [0.2, 0.25) is 10.0 Å². The fourth-order valence-corrected chi connectivity index (χ4v) is 3.91. The summed E-state index contributed by atoms with van der Waals surface area (Å²) in [5, 5.41) is 9.88. The van der Waals surface area contributed by atoms with Gasteiger partial charge in [-0.2, -0.15) is 4.31 Å². The molecule has 6 heteroatoms. The first kappa shape index (κ1) is 14.3. The predicted octanol–water partition coefficient (Wildman–Crippen LogP) is 0.977. The van der Waals surface area contributed by atoms with E-state index in [2.05, 4.69) is 0 Å². The first-order chi connectivity index (χ1) is 8.76. The van der Waals surface area contributed by atoms with E-state index in [0.717, 1.165) is 12.0 Å². The third-order valence-electron chi connectivity index (χ3n) is 3.55. The van der Waals surface area contributed by atoms with Crippen molar-refractivity contribution in [3.63, 3.8) is 0 Å². The number of nitrogens with two attached hydrogens (primary N) is 1. The van der Waals surface area contributed by atoms with Crippen molar-refractivity contribution in [2.24, 2.45) is 0 Å². The zero-order chi connectivity index (χ0) is 14.3. The summed E-state index contributed by atoms with van der Waals surface area (Å²) in [4.78, 5) is 0.194. The molecule has 0 spiro atoms. The fraction of sp³-hybridized carbons (Fsp3) is 0.538. The zero-order valence-electron chi connectivity index (χ0n) is 11.3. The van der Waals surface area contributed by atoms with Crippen LogP contribution < -0.4 is 5.73 Å². The minimum absolute atomic E-state index is 0.130. The highest BCUT2D eigenvalue weighted by Crippen LogP contribution is 2.28. The minimum atomic E-state index is -3.56. The van der Waals surface area contributed by atoms with Crippen molar-refractivity contribution in [1.82, 2.24) is 4.31 Å². The molecule has 1 aliphatic heterocycles. The van der Waals surface area contributed by atoms with Gasteiger partial charge in [-0.15, -0.1) is 0 Å². The Kier molecular flexibility index (Phi) is 3.59. The third kappa shape index (κ3) is 2.75. The van der Waals surface area contributed by atoms with Gasteiger partial charge in [0.25, 0.3) is 0 Å². The van der Waals surface area contributed by atoms with E-state index in [1.54, 1.807) is 19.1 Å². The molecule has 2 rings (SSSR count). The van der Waals surface area contributed by atoms with Crippen molar-refractivity contribution in [1.29, 1.82) is 0 Å². The normalized spacial score (nSPS) is 24.8. The van der Waals surface area contributed by atoms with Crippen LogP contribution in [0.3, 0.4) is 0 Å². The number of β-amino-alcohol motifs (C(OH)–C–C–N with tert-alkyl or cyclic N) is 1. The standard InChI is InChI=1S/C13H20N2O3S/c1-3-10-4-5-11(8-12(10)14)19(17,18)15-7-6-13(2,16)9-15/h4-5,8,16H,3,6-7,9,14H2,1-2H3. The van der Waals surface area contributed by atoms with Crippen LogP contribution in [0.4, 0.5) is 5.69 Å². The largest absolute Gasteiger partial charge is 0.398 e. The van der Waals surface area contributed by atoms with Crippen LogP contribution in [0.25, 0.3) is 0 Å². The Bertz CT molecular complexity index is 582. The second-order valence-electron chi connectivity index (χ2n) is 5.30. The van der Waals surface area contributed by atoms with Gasteiger partial charge < -0.3 is 10.8 Å². The number of nitrogen functional groups attached to an aromatic ring is 1. The first-order valence-corrected chi connectivity index (χ1v) is 7.81. The van der Waals surface area contributed by atoms with Crippen molar-refractivity contribution in [3.8, 4) is 0 Å². The van der Waals surface area contributed by atoms with Crippen LogP contribution in [0.2, 0.25) is 0 Å². The lowest BCUT2D eigenvalue weighted by Crippen LogP contribution is -2.34. The molecule has 1 atom stereocenters. The monoisotopic (exact) mass is 284 g/mol. The number of hydrogen-bond acceptors (Lipinski definition) is 4. The summed E-state index contributed by atoms with van der Waals surface area (Å²) in [7, 11) is -3.56. The summed E-state index contributed by atoms with van der Waals surface area (Å²) < 4.78 is 26.2. The Morgan fingerprint density at radius 3 is 2.63 bits per heavy atom. The van der Waals surface area contributed by atoms with Gasteiger partial charge >= 0.3 is 0 Å². The SMILES string of the molecule is CCc1ccc(S(=O)(=O)N2CCC(C)(O)C2)cc1N. The maximum absolute atomic E-state index is 12.4. The van der Waals surface area contributed by atoms with Crippen LogP contribution in [0.5, 0.6) is 0 Å². The summed E-state index contributed by atoms with van der Waals surface area (Å²) in [5.74, 6) is 0. The van der Waals surface area contributed by atoms with Crippen LogP contribution in [0, 0.1) is 0 Å². The molecule has 0 radical (unpaired) electrons. The van der Waals surface area contributed by atoms with Gasteiger partial charge in [0, 0.05) is 18.8 Å². The van der Waals surface area contributed by atoms with Crippen molar-refractivity contribution in [3.05, 3.63) is 23.8 Å². The smallest absolute Gasteiger partial charge is 0.243 e. The number of hydrogen-bond donors (Lipinski definition) is 2. The van der Waals surface area contributed by atoms with Gasteiger partial charge in [-0.3, -0.25) is 0 Å². The number of sulfonamides is 1. The molecular weight excluding hydrogens is 264 g/mol. The summed E-state index contributed by atoms with van der Waals surface area (Å²) in [5.41, 5.74) is 6.34. The lowest BCUT2D eigenvalue weighted by molar-refractivity contribution is 0.0762. The second-order valence-corrected chi connectivity index (χ2v) is 7.24. The molecule has 0 aromatic heterocycles. The summed E-state index contributed by atoms with van der Waals surface area (Å²) >= 11 is 0. The predicted molar refractivity (Wildman–Crippen MR) is 74.2 cm³/mol. The van der Waals surface area contributed by atoms with Crippen LogP contribution in [-0.4, -0.2) is 36.5 Å². The number of aliphatic hydroxyl groups is 1. The number of aryl methyl sites for hydroxylation is 1. The highest BCUT2D eigenvalue weighted by atomic mass is 32.2. The molecule has 0 saturated carbocycles. The summed E-state index contributed by atoms with van der Waals surface area (Å²) in [6.07, 6.45) is 1.22. The molecule has 0 bridgehead atoms. The van der Waals surface area contributed by atoms with Crippen molar-refractivity contribution < 1.29 is 13.5 Å². The van der Waals surface area contributed by atoms with Gasteiger partial charge in [-0.05, 0) is 37.5 Å². The molecule has 1 saturated heterocycles.